The van der Waals surface area contributed by atoms with E-state index in [0.717, 1.165) is 51.4 Å². The van der Waals surface area contributed by atoms with E-state index in [2.05, 4.69) is 56.4 Å². The van der Waals surface area contributed by atoms with E-state index in [1.165, 1.54) is 51.4 Å². The zero-order valence-electron chi connectivity index (χ0n) is 32.3. The quantitative estimate of drug-likeness (QED) is 0.0293. The molecule has 0 saturated heterocycles. The van der Waals surface area contributed by atoms with Crippen LogP contribution < -0.4 is 5.11 Å². The van der Waals surface area contributed by atoms with E-state index in [1.807, 2.05) is 12.2 Å². The minimum absolute atomic E-state index is 0.000372. The van der Waals surface area contributed by atoms with Gasteiger partial charge in [0.1, 0.15) is 12.6 Å². The maximum atomic E-state index is 12.5. The molecule has 0 aromatic rings. The fraction of sp³-hybridized carbons (Fsp3) is 0.690. The van der Waals surface area contributed by atoms with Crippen molar-refractivity contribution in [2.24, 2.45) is 0 Å². The Morgan fingerprint density at radius 2 is 1.18 bits per heavy atom. The number of rotatable bonds is 33. The highest BCUT2D eigenvalue weighted by molar-refractivity contribution is 5.71. The van der Waals surface area contributed by atoms with Gasteiger partial charge in [-0.15, -0.1) is 0 Å². The Hall–Kier alpha value is -2.97. The summed E-state index contributed by atoms with van der Waals surface area (Å²) in [5.41, 5.74) is 0. The molecule has 8 nitrogen and oxygen atoms in total. The molecule has 0 rings (SSSR count). The van der Waals surface area contributed by atoms with E-state index in [1.54, 1.807) is 27.2 Å². The molecule has 8 heteroatoms. The van der Waals surface area contributed by atoms with E-state index < -0.39 is 24.1 Å². The molecule has 0 bridgehead atoms. The van der Waals surface area contributed by atoms with E-state index in [0.29, 0.717) is 6.42 Å². The van der Waals surface area contributed by atoms with Gasteiger partial charge in [-0.1, -0.05) is 120 Å². The molecule has 2 atom stereocenters. The van der Waals surface area contributed by atoms with Crippen molar-refractivity contribution in [1.29, 1.82) is 0 Å². The van der Waals surface area contributed by atoms with Crippen LogP contribution in [0, 0.1) is 0 Å². The first kappa shape index (κ1) is 47.0. The van der Waals surface area contributed by atoms with Crippen molar-refractivity contribution in [3.8, 4) is 0 Å². The molecule has 0 heterocycles. The summed E-state index contributed by atoms with van der Waals surface area (Å²) in [6.07, 6.45) is 38.6. The Bertz CT molecular complexity index is 1010. The van der Waals surface area contributed by atoms with E-state index in [9.17, 15) is 19.5 Å². The van der Waals surface area contributed by atoms with Crippen molar-refractivity contribution in [3.63, 3.8) is 0 Å². The Balaban J connectivity index is 4.43. The maximum absolute atomic E-state index is 12.5. The zero-order chi connectivity index (χ0) is 37.1. The first-order valence-corrected chi connectivity index (χ1v) is 19.3. The van der Waals surface area contributed by atoms with Crippen molar-refractivity contribution in [2.45, 2.75) is 148 Å². The number of aliphatic carboxylic acids is 1. The molecular weight excluding hydrogens is 630 g/mol. The van der Waals surface area contributed by atoms with Gasteiger partial charge in [0, 0.05) is 12.8 Å². The summed E-state index contributed by atoms with van der Waals surface area (Å²) in [6, 6.07) is -0.741. The molecular formula is C42H71NO7. The highest BCUT2D eigenvalue weighted by atomic mass is 16.6. The number of hydrogen-bond donors (Lipinski definition) is 0. The van der Waals surface area contributed by atoms with Crippen LogP contribution in [-0.2, 0) is 28.6 Å². The van der Waals surface area contributed by atoms with Crippen LogP contribution in [0.5, 0.6) is 0 Å². The fourth-order valence-corrected chi connectivity index (χ4v) is 5.16. The topological polar surface area (TPSA) is 102 Å². The zero-order valence-corrected chi connectivity index (χ0v) is 32.3. The third kappa shape index (κ3) is 31.0. The van der Waals surface area contributed by atoms with Crippen LogP contribution in [0.15, 0.2) is 60.8 Å². The summed E-state index contributed by atoms with van der Waals surface area (Å²) in [7, 11) is 5.36. The first-order chi connectivity index (χ1) is 24.1. The molecule has 0 aromatic carbocycles. The highest BCUT2D eigenvalue weighted by Crippen LogP contribution is 2.12. The normalized spacial score (nSPS) is 13.7. The van der Waals surface area contributed by atoms with Crippen LogP contribution in [-0.4, -0.2) is 75.5 Å². The molecule has 0 aliphatic rings. The van der Waals surface area contributed by atoms with Gasteiger partial charge in [-0.25, -0.2) is 0 Å². The Morgan fingerprint density at radius 3 is 1.76 bits per heavy atom. The summed E-state index contributed by atoms with van der Waals surface area (Å²) in [4.78, 5) is 36.5. The van der Waals surface area contributed by atoms with Crippen LogP contribution in [0.25, 0.3) is 0 Å². The van der Waals surface area contributed by atoms with Gasteiger partial charge in [0.05, 0.1) is 46.7 Å². The number of carboxylic acid groups (broad SMARTS) is 1. The SMILES string of the molecule is CC/C=C/C/C=C/C/C=C/CC(=O)OC(COCCC(C(=O)[O-])[N+](C)(C)C)COC(=O)CCCCCCCCC/C=C/C/C=C/CCCCC. The van der Waals surface area contributed by atoms with Gasteiger partial charge in [-0.3, -0.25) is 9.59 Å². The van der Waals surface area contributed by atoms with Gasteiger partial charge in [-0.2, -0.15) is 0 Å². The second-order valence-corrected chi connectivity index (χ2v) is 13.8. The maximum Gasteiger partial charge on any atom is 0.310 e. The largest absolute Gasteiger partial charge is 0.544 e. The minimum Gasteiger partial charge on any atom is -0.544 e. The van der Waals surface area contributed by atoms with Crippen LogP contribution in [0.2, 0.25) is 0 Å². The molecule has 0 spiro atoms. The first-order valence-electron chi connectivity index (χ1n) is 19.3. The number of ether oxygens (including phenoxy) is 3. The lowest BCUT2D eigenvalue weighted by atomic mass is 10.1. The van der Waals surface area contributed by atoms with Gasteiger partial charge in [0.25, 0.3) is 0 Å². The number of carboxylic acids is 1. The average Bonchev–Trinajstić information content (AvgIpc) is 3.06. The predicted molar refractivity (Wildman–Crippen MR) is 203 cm³/mol. The van der Waals surface area contributed by atoms with Crippen molar-refractivity contribution < 1.29 is 38.2 Å². The van der Waals surface area contributed by atoms with Gasteiger partial charge < -0.3 is 28.6 Å². The van der Waals surface area contributed by atoms with Crippen LogP contribution in [0.4, 0.5) is 0 Å². The number of carbonyl (C=O) groups excluding carboxylic acids is 3. The van der Waals surface area contributed by atoms with Crippen LogP contribution in [0.1, 0.15) is 136 Å². The molecule has 0 radical (unpaired) electrons. The predicted octanol–water partition coefficient (Wildman–Crippen LogP) is 8.52. The molecule has 0 N–H and O–H groups in total. The van der Waals surface area contributed by atoms with Crippen molar-refractivity contribution in [2.75, 3.05) is 41.0 Å². The summed E-state index contributed by atoms with van der Waals surface area (Å²) in [5.74, 6) is -1.91. The number of carbonyl (C=O) groups is 3. The molecule has 0 saturated carbocycles. The van der Waals surface area contributed by atoms with E-state index in [-0.39, 0.29) is 43.1 Å². The lowest BCUT2D eigenvalue weighted by Gasteiger charge is -2.34. The number of nitrogens with zero attached hydrogens (tertiary/aromatic N) is 1. The molecule has 0 aliphatic heterocycles. The average molecular weight is 702 g/mol. The second kappa shape index (κ2) is 33.2. The Labute approximate surface area is 305 Å². The van der Waals surface area contributed by atoms with Gasteiger partial charge in [0.15, 0.2) is 6.10 Å². The molecule has 2 unspecified atom stereocenters. The summed E-state index contributed by atoms with van der Waals surface area (Å²) >= 11 is 0. The summed E-state index contributed by atoms with van der Waals surface area (Å²) in [5, 5.41) is 11.6. The minimum atomic E-state index is -1.14. The summed E-state index contributed by atoms with van der Waals surface area (Å²) < 4.78 is 16.9. The van der Waals surface area contributed by atoms with Crippen LogP contribution in [0.3, 0.4) is 0 Å². The molecule has 0 aliphatic carbocycles. The van der Waals surface area contributed by atoms with E-state index in [4.69, 9.17) is 14.2 Å². The summed E-state index contributed by atoms with van der Waals surface area (Å²) in [6.45, 7) is 4.37. The Kier molecular flexibility index (Phi) is 31.2. The Morgan fingerprint density at radius 1 is 0.640 bits per heavy atom. The molecule has 286 valence electrons. The highest BCUT2D eigenvalue weighted by Gasteiger charge is 2.25. The lowest BCUT2D eigenvalue weighted by molar-refractivity contribution is -0.889. The molecule has 0 amide bonds. The third-order valence-electron chi connectivity index (χ3n) is 8.17. The molecule has 0 aromatic heterocycles. The smallest absolute Gasteiger partial charge is 0.310 e. The number of unbranched alkanes of at least 4 members (excludes halogenated alkanes) is 10. The lowest BCUT2D eigenvalue weighted by Crippen LogP contribution is -2.55. The van der Waals surface area contributed by atoms with Crippen molar-refractivity contribution in [3.05, 3.63) is 60.8 Å². The molecule has 0 fully saturated rings. The van der Waals surface area contributed by atoms with Crippen LogP contribution >= 0.6 is 0 Å². The standard InChI is InChI=1S/C42H71NO7/c1-6-8-10-12-14-16-17-18-19-20-21-22-23-25-26-28-30-32-40(44)49-37-38(36-48-35-34-39(42(46)47)43(3,4)5)50-41(45)33-31-29-27-24-15-13-11-9-7-2/h9,11,14-16,18-19,24,29,31,38-39H,6-8,10,12-13,17,20-23,25-28,30,32-37H2,1-5H3/b11-9+,16-14+,19-18+,24-15+,31-29+. The fourth-order valence-electron chi connectivity index (χ4n) is 5.16. The monoisotopic (exact) mass is 702 g/mol. The van der Waals surface area contributed by atoms with Crippen molar-refractivity contribution in [1.82, 2.24) is 0 Å². The number of likely N-dealkylation sites (N-methyl/N-ethyl adjacent to an activating group) is 1. The van der Waals surface area contributed by atoms with Crippen molar-refractivity contribution >= 4 is 17.9 Å². The van der Waals surface area contributed by atoms with Gasteiger partial charge in [-0.05, 0) is 57.8 Å². The number of esters is 2. The van der Waals surface area contributed by atoms with Gasteiger partial charge >= 0.3 is 11.9 Å². The van der Waals surface area contributed by atoms with Gasteiger partial charge in [0.2, 0.25) is 0 Å². The van der Waals surface area contributed by atoms with E-state index >= 15 is 0 Å². The number of quaternary nitrogens is 1. The third-order valence-corrected chi connectivity index (χ3v) is 8.17. The second-order valence-electron chi connectivity index (χ2n) is 13.8. The number of hydrogen-bond acceptors (Lipinski definition) is 7. The number of allylic oxidation sites excluding steroid dienone is 9. The molecule has 50 heavy (non-hydrogen) atoms.